The fourth-order valence-corrected chi connectivity index (χ4v) is 1.06. The van der Waals surface area contributed by atoms with Gasteiger partial charge >= 0.3 is 5.97 Å². The first-order valence-electron chi connectivity index (χ1n) is 3.43. The Morgan fingerprint density at radius 2 is 2.31 bits per heavy atom. The summed E-state index contributed by atoms with van der Waals surface area (Å²) in [6.45, 7) is 0. The minimum atomic E-state index is -0.930. The van der Waals surface area contributed by atoms with E-state index in [0.717, 1.165) is 0 Å². The van der Waals surface area contributed by atoms with E-state index in [1.165, 1.54) is 12.3 Å². The van der Waals surface area contributed by atoms with Crippen LogP contribution in [0.15, 0.2) is 30.7 Å². The zero-order valence-electron chi connectivity index (χ0n) is 6.54. The monoisotopic (exact) mass is 198 g/mol. The Labute approximate surface area is 80.2 Å². The minimum Gasteiger partial charge on any atom is -0.478 e. The molecule has 2 rings (SSSR count). The number of carbonyl (C=O) groups is 1. The van der Waals surface area contributed by atoms with Gasteiger partial charge in [0.15, 0.2) is 0 Å². The molecule has 0 radical (unpaired) electrons. The number of nitrogens with zero attached hydrogens (tertiary/aromatic N) is 2. The van der Waals surface area contributed by atoms with Gasteiger partial charge < -0.3 is 9.51 Å². The second-order valence-electron chi connectivity index (χ2n) is 2.42. The number of fused-ring (bicyclic) bond motifs is 1. The van der Waals surface area contributed by atoms with Crippen molar-refractivity contribution in [3.8, 4) is 0 Å². The van der Waals surface area contributed by atoms with Gasteiger partial charge in [-0.1, -0.05) is 0 Å². The molecular weight excluding hydrogens is 192 g/mol. The lowest BCUT2D eigenvalue weighted by Gasteiger charge is -1.87. The van der Waals surface area contributed by atoms with Gasteiger partial charge in [0.2, 0.25) is 0 Å². The maximum Gasteiger partial charge on any atom is 0.337 e. The van der Waals surface area contributed by atoms with Gasteiger partial charge in [-0.25, -0.2) is 9.78 Å². The van der Waals surface area contributed by atoms with E-state index in [1.54, 1.807) is 22.9 Å². The average molecular weight is 199 g/mol. The SMILES string of the molecule is Cl.O=C(O)c1cc2ncccn2c1. The van der Waals surface area contributed by atoms with E-state index in [1.807, 2.05) is 0 Å². The molecule has 1 N–H and O–H groups in total. The molecule has 0 atom stereocenters. The predicted molar refractivity (Wildman–Crippen MR) is 49.4 cm³/mol. The Balaban J connectivity index is 0.000000845. The molecular formula is C8H7ClN2O2. The molecule has 2 aromatic rings. The van der Waals surface area contributed by atoms with Gasteiger partial charge in [0.1, 0.15) is 5.65 Å². The van der Waals surface area contributed by atoms with Crippen LogP contribution in [0.25, 0.3) is 5.65 Å². The molecule has 0 saturated heterocycles. The van der Waals surface area contributed by atoms with Crippen molar-refractivity contribution in [2.45, 2.75) is 0 Å². The van der Waals surface area contributed by atoms with Crippen molar-refractivity contribution < 1.29 is 9.90 Å². The van der Waals surface area contributed by atoms with Crippen molar-refractivity contribution >= 4 is 24.0 Å². The first kappa shape index (κ1) is 9.54. The van der Waals surface area contributed by atoms with Gasteiger partial charge in [-0.3, -0.25) is 0 Å². The Bertz CT molecular complexity index is 405. The van der Waals surface area contributed by atoms with Crippen LogP contribution in [0.3, 0.4) is 0 Å². The predicted octanol–water partition coefficient (Wildman–Crippen LogP) is 1.45. The van der Waals surface area contributed by atoms with E-state index in [9.17, 15) is 4.79 Å². The number of hydrogen-bond donors (Lipinski definition) is 1. The van der Waals surface area contributed by atoms with Crippen LogP contribution >= 0.6 is 12.4 Å². The third-order valence-corrected chi connectivity index (χ3v) is 1.61. The molecule has 2 heterocycles. The molecule has 0 amide bonds. The minimum absolute atomic E-state index is 0. The van der Waals surface area contributed by atoms with Crippen molar-refractivity contribution in [2.24, 2.45) is 0 Å². The summed E-state index contributed by atoms with van der Waals surface area (Å²) in [5.74, 6) is -0.930. The first-order valence-corrected chi connectivity index (χ1v) is 3.43. The zero-order chi connectivity index (χ0) is 8.55. The second-order valence-corrected chi connectivity index (χ2v) is 2.42. The van der Waals surface area contributed by atoms with Gasteiger partial charge in [-0.2, -0.15) is 0 Å². The number of halogens is 1. The van der Waals surface area contributed by atoms with Crippen LogP contribution in [0.1, 0.15) is 10.4 Å². The maximum absolute atomic E-state index is 10.5. The fraction of sp³-hybridized carbons (Fsp3) is 0. The first-order chi connectivity index (χ1) is 5.77. The number of carboxylic acid groups (broad SMARTS) is 1. The molecule has 0 aliphatic heterocycles. The number of aromatic carboxylic acids is 1. The van der Waals surface area contributed by atoms with Crippen LogP contribution in [-0.2, 0) is 0 Å². The van der Waals surface area contributed by atoms with Crippen molar-refractivity contribution in [1.82, 2.24) is 9.38 Å². The van der Waals surface area contributed by atoms with Gasteiger partial charge in [-0.15, -0.1) is 12.4 Å². The molecule has 0 bridgehead atoms. The molecule has 0 aliphatic carbocycles. The highest BCUT2D eigenvalue weighted by Gasteiger charge is 2.05. The summed E-state index contributed by atoms with van der Waals surface area (Å²) in [5, 5.41) is 8.64. The van der Waals surface area contributed by atoms with Crippen LogP contribution in [0.5, 0.6) is 0 Å². The largest absolute Gasteiger partial charge is 0.478 e. The Hall–Kier alpha value is -1.55. The molecule has 0 aromatic carbocycles. The van der Waals surface area contributed by atoms with E-state index in [4.69, 9.17) is 5.11 Å². The smallest absolute Gasteiger partial charge is 0.337 e. The maximum atomic E-state index is 10.5. The highest BCUT2D eigenvalue weighted by atomic mass is 35.5. The van der Waals surface area contributed by atoms with Gasteiger partial charge in [0, 0.05) is 18.6 Å². The molecule has 0 spiro atoms. The molecule has 0 unspecified atom stereocenters. The van der Waals surface area contributed by atoms with Crippen LogP contribution < -0.4 is 0 Å². The zero-order valence-corrected chi connectivity index (χ0v) is 7.36. The van der Waals surface area contributed by atoms with Crippen molar-refractivity contribution in [1.29, 1.82) is 0 Å². The molecule has 68 valence electrons. The van der Waals surface area contributed by atoms with Crippen LogP contribution in [-0.4, -0.2) is 20.5 Å². The molecule has 5 heteroatoms. The molecule has 4 nitrogen and oxygen atoms in total. The van der Waals surface area contributed by atoms with Crippen LogP contribution in [0, 0.1) is 0 Å². The number of hydrogen-bond acceptors (Lipinski definition) is 2. The molecule has 13 heavy (non-hydrogen) atoms. The third kappa shape index (κ3) is 1.62. The molecule has 0 saturated carbocycles. The highest BCUT2D eigenvalue weighted by Crippen LogP contribution is 2.06. The van der Waals surface area contributed by atoms with E-state index in [0.29, 0.717) is 5.65 Å². The summed E-state index contributed by atoms with van der Waals surface area (Å²) in [6, 6.07) is 3.28. The summed E-state index contributed by atoms with van der Waals surface area (Å²) in [4.78, 5) is 14.5. The number of aromatic nitrogens is 2. The topological polar surface area (TPSA) is 54.6 Å². The van der Waals surface area contributed by atoms with E-state index >= 15 is 0 Å². The number of rotatable bonds is 1. The summed E-state index contributed by atoms with van der Waals surface area (Å²) < 4.78 is 1.67. The third-order valence-electron chi connectivity index (χ3n) is 1.61. The Morgan fingerprint density at radius 1 is 1.54 bits per heavy atom. The summed E-state index contributed by atoms with van der Waals surface area (Å²) in [5.41, 5.74) is 0.906. The molecule has 0 aliphatic rings. The van der Waals surface area contributed by atoms with Crippen molar-refractivity contribution in [3.63, 3.8) is 0 Å². The van der Waals surface area contributed by atoms with Crippen LogP contribution in [0.4, 0.5) is 0 Å². The average Bonchev–Trinajstić information content (AvgIpc) is 2.46. The van der Waals surface area contributed by atoms with Gasteiger partial charge in [-0.05, 0) is 12.1 Å². The lowest BCUT2D eigenvalue weighted by Crippen LogP contribution is -1.91. The molecule has 0 fully saturated rings. The molecule has 2 aromatic heterocycles. The quantitative estimate of drug-likeness (QED) is 0.755. The van der Waals surface area contributed by atoms with Crippen LogP contribution in [0.2, 0.25) is 0 Å². The normalized spacial score (nSPS) is 9.54. The number of carboxylic acids is 1. The standard InChI is InChI=1S/C8H6N2O2.ClH/c11-8(12)6-4-7-9-2-1-3-10(7)5-6;/h1-5H,(H,11,12);1H. The Kier molecular flexibility index (Phi) is 2.53. The van der Waals surface area contributed by atoms with Gasteiger partial charge in [0.05, 0.1) is 5.56 Å². The lowest BCUT2D eigenvalue weighted by atomic mass is 10.3. The summed E-state index contributed by atoms with van der Waals surface area (Å²) in [7, 11) is 0. The van der Waals surface area contributed by atoms with E-state index < -0.39 is 5.97 Å². The van der Waals surface area contributed by atoms with E-state index in [-0.39, 0.29) is 18.0 Å². The highest BCUT2D eigenvalue weighted by molar-refractivity contribution is 5.89. The lowest BCUT2D eigenvalue weighted by molar-refractivity contribution is 0.0697. The summed E-state index contributed by atoms with van der Waals surface area (Å²) >= 11 is 0. The summed E-state index contributed by atoms with van der Waals surface area (Å²) in [6.07, 6.45) is 4.92. The second kappa shape index (κ2) is 3.45. The van der Waals surface area contributed by atoms with Gasteiger partial charge in [0.25, 0.3) is 0 Å². The van der Waals surface area contributed by atoms with E-state index in [2.05, 4.69) is 4.98 Å². The fourth-order valence-electron chi connectivity index (χ4n) is 1.06. The Morgan fingerprint density at radius 3 is 2.92 bits per heavy atom. The van der Waals surface area contributed by atoms with Crippen molar-refractivity contribution in [2.75, 3.05) is 0 Å². The van der Waals surface area contributed by atoms with Crippen molar-refractivity contribution in [3.05, 3.63) is 36.3 Å².